The van der Waals surface area contributed by atoms with E-state index in [1.807, 2.05) is 0 Å². The van der Waals surface area contributed by atoms with Gasteiger partial charge in [-0.3, -0.25) is 4.79 Å². The van der Waals surface area contributed by atoms with Gasteiger partial charge in [0, 0.05) is 0 Å². The Morgan fingerprint density at radius 3 is 2.00 bits per heavy atom. The van der Waals surface area contributed by atoms with Crippen LogP contribution in [0.1, 0.15) is 0 Å². The second-order valence-electron chi connectivity index (χ2n) is 5.66. The number of carbonyl (C=O) groups excluding carboxylic acids is 1. The van der Waals surface area contributed by atoms with Gasteiger partial charge in [0.1, 0.15) is 43.2 Å². The van der Waals surface area contributed by atoms with Gasteiger partial charge in [0.05, 0.1) is 6.61 Å². The summed E-state index contributed by atoms with van der Waals surface area (Å²) in [5.41, 5.74) is 5.02. The molecule has 26 heavy (non-hydrogen) atoms. The first kappa shape index (κ1) is 25.0. The Hall–Kier alpha value is -1.01. The van der Waals surface area contributed by atoms with Crippen LogP contribution in [0.2, 0.25) is 0 Å². The summed E-state index contributed by atoms with van der Waals surface area (Å²) < 4.78 is 15.3. The first-order valence-electron chi connectivity index (χ1n) is 7.11. The summed E-state index contributed by atoms with van der Waals surface area (Å²) in [5.74, 6) is -3.45. The molecule has 1 amide bonds. The molecule has 0 aromatic rings. The lowest BCUT2D eigenvalue weighted by molar-refractivity contribution is -0.378. The number of ether oxygens (including phenoxy) is 3. The lowest BCUT2D eigenvalue weighted by Crippen LogP contribution is -2.64. The third kappa shape index (κ3) is 4.11. The molecule has 2 fully saturated rings. The Morgan fingerprint density at radius 2 is 1.58 bits per heavy atom. The number of hydrogen-bond acceptors (Lipinski definition) is 11. The Balaban J connectivity index is 0.00000312. The summed E-state index contributed by atoms with van der Waals surface area (Å²) in [6.45, 7) is -1.73. The summed E-state index contributed by atoms with van der Waals surface area (Å²) in [7, 11) is 0. The molecule has 0 spiro atoms. The first-order valence-corrected chi connectivity index (χ1v) is 7.11. The molecule has 0 aliphatic carbocycles. The van der Waals surface area contributed by atoms with Crippen LogP contribution in [0, 0.1) is 0 Å². The van der Waals surface area contributed by atoms with E-state index in [0.29, 0.717) is 0 Å². The summed E-state index contributed by atoms with van der Waals surface area (Å²) in [6, 6.07) is 0. The molecule has 0 aromatic carbocycles. The lowest BCUT2D eigenvalue weighted by Gasteiger charge is -2.42. The van der Waals surface area contributed by atoms with Crippen molar-refractivity contribution in [1.82, 2.24) is 0 Å². The fraction of sp³-hybridized carbons (Fsp3) is 0.917. The Kier molecular flexibility index (Phi) is 8.91. The third-order valence-electron chi connectivity index (χ3n) is 4.07. The number of aliphatic hydroxyl groups excluding tert-OH is 7. The second-order valence-corrected chi connectivity index (χ2v) is 5.66. The van der Waals surface area contributed by atoms with Crippen molar-refractivity contribution >= 4 is 5.91 Å². The number of rotatable bonds is 5. The maximum atomic E-state index is 11.2. The topological polar surface area (TPSA) is 275 Å². The smallest absolute Gasteiger partial charge is 0.249 e. The van der Waals surface area contributed by atoms with Crippen LogP contribution in [0.15, 0.2) is 0 Å². The van der Waals surface area contributed by atoms with Crippen LogP contribution in [-0.2, 0) is 19.0 Å². The van der Waals surface area contributed by atoms with Crippen LogP contribution >= 0.6 is 0 Å². The van der Waals surface area contributed by atoms with Crippen molar-refractivity contribution in [2.45, 2.75) is 54.8 Å². The molecular formula is C12H25NO13. The predicted octanol–water partition coefficient (Wildman–Crippen LogP) is -7.55. The highest BCUT2D eigenvalue weighted by Crippen LogP contribution is 2.35. The quantitative estimate of drug-likeness (QED) is 0.218. The van der Waals surface area contributed by atoms with Gasteiger partial charge in [0.15, 0.2) is 12.4 Å². The van der Waals surface area contributed by atoms with Gasteiger partial charge in [0.2, 0.25) is 11.7 Å². The Bertz CT molecular complexity index is 466. The molecule has 0 bridgehead atoms. The minimum absolute atomic E-state index is 0. The number of nitrogens with two attached hydrogens (primary N) is 1. The van der Waals surface area contributed by atoms with E-state index >= 15 is 0 Å². The number of amides is 1. The lowest BCUT2D eigenvalue weighted by atomic mass is 9.98. The van der Waals surface area contributed by atoms with E-state index in [0.717, 1.165) is 0 Å². The molecule has 0 saturated carbocycles. The molecule has 2 rings (SSSR count). The maximum Gasteiger partial charge on any atom is 0.249 e. The van der Waals surface area contributed by atoms with Gasteiger partial charge in [-0.25, -0.2) is 0 Å². The van der Waals surface area contributed by atoms with E-state index in [1.54, 1.807) is 0 Å². The summed E-state index contributed by atoms with van der Waals surface area (Å²) >= 11 is 0. The second kappa shape index (κ2) is 9.27. The average molecular weight is 391 g/mol. The zero-order valence-corrected chi connectivity index (χ0v) is 13.4. The molecule has 14 heteroatoms. The summed E-state index contributed by atoms with van der Waals surface area (Å²) in [6.07, 6.45) is -13.9. The molecule has 2 saturated heterocycles. The van der Waals surface area contributed by atoms with Gasteiger partial charge in [-0.1, -0.05) is 0 Å². The van der Waals surface area contributed by atoms with Crippen molar-refractivity contribution in [3.05, 3.63) is 0 Å². The normalized spacial score (nSPS) is 45.5. The first-order chi connectivity index (χ1) is 11.2. The van der Waals surface area contributed by atoms with Crippen LogP contribution in [-0.4, -0.2) is 121 Å². The number of aliphatic hydroxyl groups is 7. The SMILES string of the molecule is NC(=O)[C@H]1O[C@H](O[C@]2(CO)O[C@H](CO)[C@@H](O)[C@@H]2O)[C@H](O)[C@@H](O)[C@@H]1O.O.O. The zero-order valence-electron chi connectivity index (χ0n) is 13.4. The molecule has 156 valence electrons. The summed E-state index contributed by atoms with van der Waals surface area (Å²) in [5, 5.41) is 67.7. The van der Waals surface area contributed by atoms with E-state index in [2.05, 4.69) is 0 Å². The van der Waals surface area contributed by atoms with Gasteiger partial charge in [0.25, 0.3) is 0 Å². The maximum absolute atomic E-state index is 11.2. The highest BCUT2D eigenvalue weighted by molar-refractivity contribution is 5.79. The standard InChI is InChI=1S/C12H21NO11.2H2O/c13-10(21)8-6(18)5(17)7(19)11(22-8)24-12(2-15)9(20)4(16)3(1-14)23-12;;/h3-9,11,14-20H,1-2H2,(H2,13,21);2*1H2/t3-,4-,5+,6+,7-,8+,9+,11-,12+;;/m1../s1. The fourth-order valence-corrected chi connectivity index (χ4v) is 2.65. The van der Waals surface area contributed by atoms with Crippen molar-refractivity contribution < 1.29 is 65.7 Å². The van der Waals surface area contributed by atoms with E-state index in [4.69, 9.17) is 25.1 Å². The molecule has 2 aliphatic rings. The van der Waals surface area contributed by atoms with E-state index in [1.165, 1.54) is 0 Å². The largest absolute Gasteiger partial charge is 0.412 e. The Labute approximate surface area is 146 Å². The molecule has 13 N–H and O–H groups in total. The minimum Gasteiger partial charge on any atom is -0.412 e. The van der Waals surface area contributed by atoms with E-state index < -0.39 is 73.9 Å². The molecule has 0 aromatic heterocycles. The minimum atomic E-state index is -2.30. The van der Waals surface area contributed by atoms with Gasteiger partial charge in [-0.05, 0) is 0 Å². The van der Waals surface area contributed by atoms with Crippen molar-refractivity contribution in [3.8, 4) is 0 Å². The molecular weight excluding hydrogens is 366 g/mol. The van der Waals surface area contributed by atoms with Crippen molar-refractivity contribution in [3.63, 3.8) is 0 Å². The zero-order chi connectivity index (χ0) is 18.2. The van der Waals surface area contributed by atoms with Gasteiger partial charge < -0.3 is 66.6 Å². The van der Waals surface area contributed by atoms with Gasteiger partial charge in [-0.15, -0.1) is 0 Å². The highest BCUT2D eigenvalue weighted by atomic mass is 16.8. The molecule has 0 unspecified atom stereocenters. The number of carbonyl (C=O) groups is 1. The number of primary amides is 1. The van der Waals surface area contributed by atoms with E-state index in [9.17, 15) is 35.4 Å². The third-order valence-corrected chi connectivity index (χ3v) is 4.07. The molecule has 14 nitrogen and oxygen atoms in total. The molecule has 9 atom stereocenters. The van der Waals surface area contributed by atoms with Crippen LogP contribution in [0.3, 0.4) is 0 Å². The molecule has 2 aliphatic heterocycles. The number of hydrogen-bond donors (Lipinski definition) is 8. The molecule has 0 radical (unpaired) electrons. The summed E-state index contributed by atoms with van der Waals surface area (Å²) in [4.78, 5) is 11.2. The van der Waals surface area contributed by atoms with Crippen molar-refractivity contribution in [2.24, 2.45) is 5.73 Å². The van der Waals surface area contributed by atoms with Crippen molar-refractivity contribution in [1.29, 1.82) is 0 Å². The highest BCUT2D eigenvalue weighted by Gasteiger charge is 2.58. The van der Waals surface area contributed by atoms with Crippen LogP contribution in [0.5, 0.6) is 0 Å². The van der Waals surface area contributed by atoms with Crippen LogP contribution < -0.4 is 5.73 Å². The van der Waals surface area contributed by atoms with Gasteiger partial charge >= 0.3 is 0 Å². The van der Waals surface area contributed by atoms with Crippen LogP contribution in [0.4, 0.5) is 0 Å². The Morgan fingerprint density at radius 1 is 1.00 bits per heavy atom. The molecule has 2 heterocycles. The van der Waals surface area contributed by atoms with Crippen LogP contribution in [0.25, 0.3) is 0 Å². The van der Waals surface area contributed by atoms with Gasteiger partial charge in [-0.2, -0.15) is 0 Å². The van der Waals surface area contributed by atoms with Crippen molar-refractivity contribution in [2.75, 3.05) is 13.2 Å². The fourth-order valence-electron chi connectivity index (χ4n) is 2.65. The predicted molar refractivity (Wildman–Crippen MR) is 78.0 cm³/mol. The average Bonchev–Trinajstić information content (AvgIpc) is 2.80. The monoisotopic (exact) mass is 391 g/mol. The van der Waals surface area contributed by atoms with E-state index in [-0.39, 0.29) is 11.0 Å².